The molecule has 1 aromatic rings. The van der Waals surface area contributed by atoms with Crippen LogP contribution in [-0.2, 0) is 9.53 Å². The fraction of sp³-hybridized carbons (Fsp3) is 0.600. The summed E-state index contributed by atoms with van der Waals surface area (Å²) < 4.78 is 5.81. The van der Waals surface area contributed by atoms with Crippen molar-refractivity contribution in [1.29, 1.82) is 0 Å². The van der Waals surface area contributed by atoms with E-state index in [2.05, 4.69) is 10.3 Å². The molecule has 1 aliphatic carbocycles. The van der Waals surface area contributed by atoms with Crippen molar-refractivity contribution in [3.63, 3.8) is 0 Å². The summed E-state index contributed by atoms with van der Waals surface area (Å²) in [6, 6.07) is 3.36. The van der Waals surface area contributed by atoms with Crippen molar-refractivity contribution in [2.24, 2.45) is 17.1 Å². The molecule has 1 saturated heterocycles. The minimum atomic E-state index is -0.919. The third-order valence-corrected chi connectivity index (χ3v) is 5.27. The third kappa shape index (κ3) is 2.06. The highest BCUT2D eigenvalue weighted by Gasteiger charge is 2.70. The summed E-state index contributed by atoms with van der Waals surface area (Å²) in [6.07, 6.45) is 3.47. The van der Waals surface area contributed by atoms with Gasteiger partial charge in [0.05, 0.1) is 18.0 Å². The molecule has 3 atom stereocenters. The van der Waals surface area contributed by atoms with E-state index in [0.29, 0.717) is 10.8 Å². The lowest BCUT2D eigenvalue weighted by molar-refractivity contribution is -0.222. The highest BCUT2D eigenvalue weighted by Crippen LogP contribution is 2.57. The van der Waals surface area contributed by atoms with Crippen molar-refractivity contribution in [2.75, 3.05) is 11.9 Å². The molecule has 21 heavy (non-hydrogen) atoms. The van der Waals surface area contributed by atoms with Crippen LogP contribution in [0, 0.1) is 11.3 Å². The normalized spacial score (nSPS) is 33.7. The molecule has 2 heterocycles. The van der Waals surface area contributed by atoms with E-state index < -0.39 is 5.54 Å². The van der Waals surface area contributed by atoms with Gasteiger partial charge in [-0.15, -0.1) is 0 Å². The number of carbonyl (C=O) groups is 1. The molecule has 6 heteroatoms. The van der Waals surface area contributed by atoms with Crippen LogP contribution in [0.3, 0.4) is 0 Å². The Hall–Kier alpha value is -1.17. The Labute approximate surface area is 129 Å². The van der Waals surface area contributed by atoms with Gasteiger partial charge in [0, 0.05) is 17.9 Å². The topological polar surface area (TPSA) is 77.2 Å². The molecular formula is C15H20ClN3O2. The van der Waals surface area contributed by atoms with E-state index in [4.69, 9.17) is 22.1 Å². The number of nitrogens with one attached hydrogen (secondary N) is 1. The zero-order valence-electron chi connectivity index (χ0n) is 12.2. The second kappa shape index (κ2) is 4.93. The fourth-order valence-electron chi connectivity index (χ4n) is 3.72. The molecule has 3 unspecified atom stereocenters. The van der Waals surface area contributed by atoms with Gasteiger partial charge in [0.1, 0.15) is 10.7 Å². The van der Waals surface area contributed by atoms with Gasteiger partial charge in [-0.25, -0.2) is 4.98 Å². The monoisotopic (exact) mass is 309 g/mol. The van der Waals surface area contributed by atoms with Crippen LogP contribution in [0.5, 0.6) is 0 Å². The summed E-state index contributed by atoms with van der Waals surface area (Å²) in [5, 5.41) is 3.25. The van der Waals surface area contributed by atoms with Crippen molar-refractivity contribution >= 4 is 23.2 Å². The van der Waals surface area contributed by atoms with Crippen LogP contribution >= 0.6 is 11.6 Å². The molecular weight excluding hydrogens is 290 g/mol. The summed E-state index contributed by atoms with van der Waals surface area (Å²) in [4.78, 5) is 16.7. The molecule has 1 aromatic heterocycles. The Balaban J connectivity index is 1.81. The first-order chi connectivity index (χ1) is 9.87. The number of carbonyl (C=O) groups excluding carboxylic acids is 1. The number of hydrogen-bond donors (Lipinski definition) is 2. The van der Waals surface area contributed by atoms with Gasteiger partial charge in [-0.1, -0.05) is 25.4 Å². The van der Waals surface area contributed by atoms with E-state index in [-0.39, 0.29) is 23.3 Å². The quantitative estimate of drug-likeness (QED) is 0.821. The number of anilines is 1. The number of ether oxygens (including phenoxy) is 1. The second-order valence-electron chi connectivity index (χ2n) is 6.45. The van der Waals surface area contributed by atoms with E-state index in [1.807, 2.05) is 13.8 Å². The number of fused-ring (bicyclic) bond motifs is 1. The van der Waals surface area contributed by atoms with E-state index in [1.165, 1.54) is 6.20 Å². The highest BCUT2D eigenvalue weighted by molar-refractivity contribution is 6.29. The van der Waals surface area contributed by atoms with Crippen LogP contribution in [0.4, 0.5) is 5.69 Å². The first-order valence-corrected chi connectivity index (χ1v) is 7.58. The molecule has 0 radical (unpaired) electrons. The minimum absolute atomic E-state index is 0.0605. The lowest BCUT2D eigenvalue weighted by Gasteiger charge is -2.65. The summed E-state index contributed by atoms with van der Waals surface area (Å²) in [6.45, 7) is 4.75. The first kappa shape index (κ1) is 14.8. The predicted molar refractivity (Wildman–Crippen MR) is 81.0 cm³/mol. The Morgan fingerprint density at radius 1 is 1.52 bits per heavy atom. The molecule has 5 nitrogen and oxygen atoms in total. The SMILES string of the molecule is CC1(C)C2OCCCC2C1(N)C(=O)Nc1ccc(Cl)nc1. The second-order valence-corrected chi connectivity index (χ2v) is 6.84. The number of pyridine rings is 1. The summed E-state index contributed by atoms with van der Waals surface area (Å²) >= 11 is 5.75. The average molecular weight is 310 g/mol. The van der Waals surface area contributed by atoms with Crippen molar-refractivity contribution in [3.05, 3.63) is 23.5 Å². The molecule has 3 N–H and O–H groups in total. The van der Waals surface area contributed by atoms with Crippen molar-refractivity contribution in [3.8, 4) is 0 Å². The predicted octanol–water partition coefficient (Wildman–Crippen LogP) is 2.21. The van der Waals surface area contributed by atoms with Gasteiger partial charge in [0.15, 0.2) is 0 Å². The largest absolute Gasteiger partial charge is 0.377 e. The number of halogens is 1. The van der Waals surface area contributed by atoms with Crippen molar-refractivity contribution in [1.82, 2.24) is 4.98 Å². The van der Waals surface area contributed by atoms with Crippen molar-refractivity contribution < 1.29 is 9.53 Å². The van der Waals surface area contributed by atoms with Crippen LogP contribution in [0.15, 0.2) is 18.3 Å². The van der Waals surface area contributed by atoms with Gasteiger partial charge in [0.2, 0.25) is 5.91 Å². The maximum atomic E-state index is 12.7. The molecule has 0 spiro atoms. The first-order valence-electron chi connectivity index (χ1n) is 7.21. The van der Waals surface area contributed by atoms with Gasteiger partial charge >= 0.3 is 0 Å². The number of rotatable bonds is 2. The van der Waals surface area contributed by atoms with Gasteiger partial charge in [-0.3, -0.25) is 4.79 Å². The molecule has 114 valence electrons. The van der Waals surface area contributed by atoms with Gasteiger partial charge in [-0.05, 0) is 25.0 Å². The number of amides is 1. The smallest absolute Gasteiger partial charge is 0.245 e. The maximum absolute atomic E-state index is 12.7. The van der Waals surface area contributed by atoms with Crippen LogP contribution in [0.2, 0.25) is 5.15 Å². The van der Waals surface area contributed by atoms with E-state index in [1.54, 1.807) is 12.1 Å². The summed E-state index contributed by atoms with van der Waals surface area (Å²) in [7, 11) is 0. The molecule has 1 saturated carbocycles. The highest BCUT2D eigenvalue weighted by atomic mass is 35.5. The number of nitrogens with zero attached hydrogens (tertiary/aromatic N) is 1. The number of hydrogen-bond acceptors (Lipinski definition) is 4. The van der Waals surface area contributed by atoms with Crippen molar-refractivity contribution in [2.45, 2.75) is 38.3 Å². The zero-order valence-corrected chi connectivity index (χ0v) is 13.0. The number of nitrogens with two attached hydrogens (primary N) is 1. The average Bonchev–Trinajstić information content (AvgIpc) is 2.48. The van der Waals surface area contributed by atoms with E-state index in [0.717, 1.165) is 19.4 Å². The Morgan fingerprint density at radius 3 is 2.95 bits per heavy atom. The maximum Gasteiger partial charge on any atom is 0.245 e. The Bertz CT molecular complexity index is 561. The lowest BCUT2D eigenvalue weighted by atomic mass is 9.46. The van der Waals surface area contributed by atoms with E-state index in [9.17, 15) is 4.79 Å². The zero-order chi connectivity index (χ0) is 15.3. The standard InChI is InChI=1S/C15H20ClN3O2/c1-14(2)12-10(4-3-7-21-12)15(14,17)13(20)19-9-5-6-11(16)18-8-9/h5-6,8,10,12H,3-4,7,17H2,1-2H3,(H,19,20). The molecule has 1 amide bonds. The van der Waals surface area contributed by atoms with Crippen LogP contribution < -0.4 is 11.1 Å². The minimum Gasteiger partial charge on any atom is -0.377 e. The van der Waals surface area contributed by atoms with E-state index >= 15 is 0 Å². The summed E-state index contributed by atoms with van der Waals surface area (Å²) in [5.74, 6) is -0.107. The fourth-order valence-corrected chi connectivity index (χ4v) is 3.83. The molecule has 2 aliphatic rings. The molecule has 1 aliphatic heterocycles. The number of aromatic nitrogens is 1. The molecule has 3 rings (SSSR count). The Morgan fingerprint density at radius 2 is 2.29 bits per heavy atom. The van der Waals surface area contributed by atoms with Gasteiger partial charge in [-0.2, -0.15) is 0 Å². The molecule has 2 fully saturated rings. The Kier molecular flexibility index (Phi) is 3.47. The van der Waals surface area contributed by atoms with Gasteiger partial charge < -0.3 is 15.8 Å². The molecule has 0 aromatic carbocycles. The van der Waals surface area contributed by atoms with Crippen LogP contribution in [0.25, 0.3) is 0 Å². The molecule has 0 bridgehead atoms. The van der Waals surface area contributed by atoms with Gasteiger partial charge in [0.25, 0.3) is 0 Å². The van der Waals surface area contributed by atoms with Crippen LogP contribution in [-0.4, -0.2) is 29.1 Å². The lowest BCUT2D eigenvalue weighted by Crippen LogP contribution is -2.81. The summed E-state index contributed by atoms with van der Waals surface area (Å²) in [5.41, 5.74) is 5.81. The third-order valence-electron chi connectivity index (χ3n) is 5.05. The van der Waals surface area contributed by atoms with Crippen LogP contribution in [0.1, 0.15) is 26.7 Å².